The fourth-order valence-corrected chi connectivity index (χ4v) is 6.17. The van der Waals surface area contributed by atoms with E-state index in [0.717, 1.165) is 61.9 Å². The molecule has 0 N–H and O–H groups in total. The number of aromatic nitrogens is 3. The third kappa shape index (κ3) is 5.75. The molecule has 0 unspecified atom stereocenters. The van der Waals surface area contributed by atoms with Gasteiger partial charge in [-0.25, -0.2) is 4.79 Å². The van der Waals surface area contributed by atoms with Gasteiger partial charge in [-0.3, -0.25) is 4.68 Å². The van der Waals surface area contributed by atoms with E-state index >= 15 is 0 Å². The van der Waals surface area contributed by atoms with Crippen LogP contribution >= 0.6 is 0 Å². The lowest BCUT2D eigenvalue weighted by Crippen LogP contribution is -2.14. The molecular weight excluding hydrogens is 554 g/mol. The van der Waals surface area contributed by atoms with Gasteiger partial charge in [-0.05, 0) is 43.7 Å². The molecule has 5 aromatic rings. The van der Waals surface area contributed by atoms with Gasteiger partial charge >= 0.3 is 5.97 Å². The van der Waals surface area contributed by atoms with Gasteiger partial charge in [-0.1, -0.05) is 66.7 Å². The highest BCUT2D eigenvalue weighted by Gasteiger charge is 2.28. The van der Waals surface area contributed by atoms with Crippen LogP contribution in [-0.2, 0) is 47.4 Å². The van der Waals surface area contributed by atoms with E-state index in [-0.39, 0.29) is 5.97 Å². The van der Waals surface area contributed by atoms with Crippen molar-refractivity contribution >= 4 is 27.6 Å². The number of nitrogens with zero attached hydrogens (tertiary/aromatic N) is 3. The number of ether oxygens (including phenoxy) is 4. The number of hydrogen-bond donors (Lipinski definition) is 0. The Morgan fingerprint density at radius 2 is 1.80 bits per heavy atom. The second kappa shape index (κ2) is 13.5. The van der Waals surface area contributed by atoms with Crippen LogP contribution in [0.2, 0.25) is 0 Å². The summed E-state index contributed by atoms with van der Waals surface area (Å²) in [7, 11) is 1.94. The SMILES string of the molecule is CCOCc1nn(C)c2c1-c1cccc3c(CCCOc4cccc5ccccc45)c(C(=O)OCC)n(c13)C/C=C\COC2. The number of esters is 1. The van der Waals surface area contributed by atoms with Crippen LogP contribution in [-0.4, -0.2) is 46.7 Å². The Hall–Kier alpha value is -4.40. The maximum absolute atomic E-state index is 13.7. The highest BCUT2D eigenvalue weighted by Crippen LogP contribution is 2.39. The average molecular weight is 594 g/mol. The van der Waals surface area contributed by atoms with Crippen LogP contribution in [0.25, 0.3) is 32.8 Å². The first-order valence-corrected chi connectivity index (χ1v) is 15.4. The van der Waals surface area contributed by atoms with Crippen molar-refractivity contribution in [2.75, 3.05) is 26.4 Å². The molecular formula is C36H39N3O5. The Kier molecular flexibility index (Phi) is 9.09. The molecule has 0 atom stereocenters. The molecule has 3 heterocycles. The summed E-state index contributed by atoms with van der Waals surface area (Å²) >= 11 is 0. The molecule has 0 saturated carbocycles. The molecule has 0 saturated heterocycles. The van der Waals surface area contributed by atoms with E-state index < -0.39 is 0 Å². The smallest absolute Gasteiger partial charge is 0.355 e. The van der Waals surface area contributed by atoms with E-state index in [1.807, 2.05) is 55.9 Å². The summed E-state index contributed by atoms with van der Waals surface area (Å²) in [6.07, 6.45) is 5.45. The maximum atomic E-state index is 13.7. The number of fused-ring (bicyclic) bond motifs is 3. The Morgan fingerprint density at radius 3 is 2.66 bits per heavy atom. The van der Waals surface area contributed by atoms with Gasteiger partial charge in [-0.15, -0.1) is 0 Å². The summed E-state index contributed by atoms with van der Waals surface area (Å²) in [6, 6.07) is 20.6. The number of carbonyl (C=O) groups is 1. The molecule has 8 nitrogen and oxygen atoms in total. The van der Waals surface area contributed by atoms with Crippen molar-refractivity contribution in [3.8, 4) is 16.9 Å². The average Bonchev–Trinajstić information content (AvgIpc) is 3.52. The molecule has 2 aromatic heterocycles. The summed E-state index contributed by atoms with van der Waals surface area (Å²) in [5.41, 5.74) is 6.36. The normalized spacial score (nSPS) is 13.9. The predicted octanol–water partition coefficient (Wildman–Crippen LogP) is 7.01. The zero-order chi connectivity index (χ0) is 30.5. The summed E-state index contributed by atoms with van der Waals surface area (Å²) < 4.78 is 27.8. The molecule has 44 heavy (non-hydrogen) atoms. The zero-order valence-corrected chi connectivity index (χ0v) is 25.7. The van der Waals surface area contributed by atoms with Crippen molar-refractivity contribution in [2.24, 2.45) is 7.05 Å². The van der Waals surface area contributed by atoms with Gasteiger partial charge in [-0.2, -0.15) is 5.10 Å². The summed E-state index contributed by atoms with van der Waals surface area (Å²) in [6.45, 7) is 6.99. The van der Waals surface area contributed by atoms with Crippen molar-refractivity contribution in [3.63, 3.8) is 0 Å². The summed E-state index contributed by atoms with van der Waals surface area (Å²) in [4.78, 5) is 13.7. The van der Waals surface area contributed by atoms with Crippen LogP contribution in [0.5, 0.6) is 5.75 Å². The van der Waals surface area contributed by atoms with Gasteiger partial charge in [0.2, 0.25) is 0 Å². The standard InChI is InChI=1S/C36H39N3O5/c1-4-41-23-30-33-29-17-11-16-27-28(18-12-22-44-32-19-10-14-25-13-6-7-15-26(25)32)35(36(40)43-5-2)39(34(27)29)20-8-9-21-42-24-31(33)38(3)37-30/h6-11,13-17,19H,4-5,12,18,20-24H2,1-3H3/b9-8-. The third-order valence-electron chi connectivity index (χ3n) is 8.09. The van der Waals surface area contributed by atoms with Crippen molar-refractivity contribution in [1.82, 2.24) is 14.3 Å². The lowest BCUT2D eigenvalue weighted by molar-refractivity contribution is 0.0513. The van der Waals surface area contributed by atoms with E-state index in [1.54, 1.807) is 0 Å². The van der Waals surface area contributed by atoms with E-state index in [0.29, 0.717) is 58.3 Å². The first kappa shape index (κ1) is 29.7. The Balaban J connectivity index is 1.44. The Bertz CT molecular complexity index is 1810. The quantitative estimate of drug-likeness (QED) is 0.0986. The Labute approximate surface area is 257 Å². The van der Waals surface area contributed by atoms with Crippen molar-refractivity contribution in [3.05, 3.63) is 95.5 Å². The minimum atomic E-state index is -0.319. The second-order valence-corrected chi connectivity index (χ2v) is 10.8. The summed E-state index contributed by atoms with van der Waals surface area (Å²) in [5, 5.41) is 8.11. The molecule has 1 aliphatic heterocycles. The number of allylic oxidation sites excluding steroid dienone is 1. The van der Waals surface area contributed by atoms with Gasteiger partial charge in [0.1, 0.15) is 11.4 Å². The number of para-hydroxylation sites is 1. The number of rotatable bonds is 10. The molecule has 3 aromatic carbocycles. The van der Waals surface area contributed by atoms with E-state index in [1.165, 1.54) is 0 Å². The molecule has 0 radical (unpaired) electrons. The molecule has 8 heteroatoms. The predicted molar refractivity (Wildman–Crippen MR) is 172 cm³/mol. The number of hydrogen-bond acceptors (Lipinski definition) is 6. The minimum absolute atomic E-state index is 0.297. The van der Waals surface area contributed by atoms with Crippen molar-refractivity contribution in [2.45, 2.75) is 46.4 Å². The zero-order valence-electron chi connectivity index (χ0n) is 25.7. The molecule has 0 spiro atoms. The van der Waals surface area contributed by atoms with E-state index in [2.05, 4.69) is 47.0 Å². The van der Waals surface area contributed by atoms with Crippen LogP contribution in [0.15, 0.2) is 72.8 Å². The molecule has 6 rings (SSSR count). The fourth-order valence-electron chi connectivity index (χ4n) is 6.17. The second-order valence-electron chi connectivity index (χ2n) is 10.8. The summed E-state index contributed by atoms with van der Waals surface area (Å²) in [5.74, 6) is 0.547. The maximum Gasteiger partial charge on any atom is 0.355 e. The van der Waals surface area contributed by atoms with Gasteiger partial charge in [0.05, 0.1) is 49.9 Å². The van der Waals surface area contributed by atoms with Crippen LogP contribution < -0.4 is 4.74 Å². The minimum Gasteiger partial charge on any atom is -0.493 e. The monoisotopic (exact) mass is 593 g/mol. The molecule has 228 valence electrons. The fraction of sp³-hybridized carbons (Fsp3) is 0.333. The number of carbonyl (C=O) groups excluding carboxylic acids is 1. The van der Waals surface area contributed by atoms with Gasteiger partial charge in [0, 0.05) is 42.1 Å². The van der Waals surface area contributed by atoms with Crippen LogP contribution in [0.3, 0.4) is 0 Å². The highest BCUT2D eigenvalue weighted by molar-refractivity contribution is 6.05. The molecule has 0 amide bonds. The Morgan fingerprint density at radius 1 is 0.977 bits per heavy atom. The first-order chi connectivity index (χ1) is 21.6. The number of benzene rings is 3. The highest BCUT2D eigenvalue weighted by atomic mass is 16.5. The topological polar surface area (TPSA) is 76.7 Å². The first-order valence-electron chi connectivity index (χ1n) is 15.4. The third-order valence-corrected chi connectivity index (χ3v) is 8.09. The number of aryl methyl sites for hydroxylation is 2. The van der Waals surface area contributed by atoms with E-state index in [4.69, 9.17) is 24.0 Å². The largest absolute Gasteiger partial charge is 0.493 e. The van der Waals surface area contributed by atoms with Gasteiger partial charge in [0.25, 0.3) is 0 Å². The molecule has 1 aliphatic rings. The molecule has 0 bridgehead atoms. The van der Waals surface area contributed by atoms with Crippen molar-refractivity contribution in [1.29, 1.82) is 0 Å². The van der Waals surface area contributed by atoms with E-state index in [9.17, 15) is 4.79 Å². The lowest BCUT2D eigenvalue weighted by Gasteiger charge is -2.13. The van der Waals surface area contributed by atoms with Crippen molar-refractivity contribution < 1.29 is 23.7 Å². The van der Waals surface area contributed by atoms with Crippen LogP contribution in [0, 0.1) is 0 Å². The van der Waals surface area contributed by atoms with Crippen LogP contribution in [0.4, 0.5) is 0 Å². The van der Waals surface area contributed by atoms with Gasteiger partial charge in [0.15, 0.2) is 0 Å². The molecule has 0 aliphatic carbocycles. The lowest BCUT2D eigenvalue weighted by atomic mass is 9.98. The van der Waals surface area contributed by atoms with Gasteiger partial charge < -0.3 is 23.5 Å². The van der Waals surface area contributed by atoms with Crippen LogP contribution in [0.1, 0.15) is 47.7 Å². The molecule has 0 fully saturated rings.